The number of nitrogens with zero attached hydrogens (tertiary/aromatic N) is 3. The lowest BCUT2D eigenvalue weighted by atomic mass is 10.5. The first-order valence-electron chi connectivity index (χ1n) is 4.40. The second-order valence-corrected chi connectivity index (χ2v) is 2.79. The summed E-state index contributed by atoms with van der Waals surface area (Å²) in [6, 6.07) is 5.37. The van der Waals surface area contributed by atoms with Crippen LogP contribution in [0.4, 0.5) is 5.95 Å². The van der Waals surface area contributed by atoms with Crippen molar-refractivity contribution in [1.82, 2.24) is 14.4 Å². The second kappa shape index (κ2) is 3.45. The van der Waals surface area contributed by atoms with E-state index in [4.69, 9.17) is 0 Å². The molecule has 5 nitrogen and oxygen atoms in total. The van der Waals surface area contributed by atoms with Crippen molar-refractivity contribution in [3.05, 3.63) is 34.9 Å². The quantitative estimate of drug-likeness (QED) is 0.750. The molecule has 0 aliphatic rings. The Balaban J connectivity index is 2.66. The Hall–Kier alpha value is -1.91. The minimum absolute atomic E-state index is 0.313. The molecule has 0 fully saturated rings. The average Bonchev–Trinajstić information content (AvgIpc) is 2.18. The minimum Gasteiger partial charge on any atom is -0.354 e. The van der Waals surface area contributed by atoms with Gasteiger partial charge in [-0.15, -0.1) is 0 Å². The molecule has 0 aliphatic carbocycles. The van der Waals surface area contributed by atoms with Crippen molar-refractivity contribution in [2.24, 2.45) is 0 Å². The molecule has 14 heavy (non-hydrogen) atoms. The molecule has 2 aromatic heterocycles. The summed E-state index contributed by atoms with van der Waals surface area (Å²) in [4.78, 5) is 19.4. The van der Waals surface area contributed by atoms with E-state index in [9.17, 15) is 4.79 Å². The normalized spacial score (nSPS) is 10.4. The number of hydrogen-bond acceptors (Lipinski definition) is 4. The Labute approximate surface area is 80.4 Å². The Morgan fingerprint density at radius 3 is 3.07 bits per heavy atom. The molecule has 0 saturated carbocycles. The van der Waals surface area contributed by atoms with Crippen molar-refractivity contribution >= 4 is 11.6 Å². The standard InChI is InChI=1S/C9H10N4O/c1-2-10-8-11-7-5-3-4-6-13(7)9(14)12-8/h3-6H,2H2,1H3,(H,10,12,14). The summed E-state index contributed by atoms with van der Waals surface area (Å²) in [5.41, 5.74) is 0.287. The molecule has 0 aromatic carbocycles. The van der Waals surface area contributed by atoms with Crippen LogP contribution < -0.4 is 11.0 Å². The highest BCUT2D eigenvalue weighted by Gasteiger charge is 2.00. The molecule has 0 aliphatic heterocycles. The SMILES string of the molecule is CCNc1nc(=O)n2ccccc2n1. The van der Waals surface area contributed by atoms with Crippen LogP contribution in [0.25, 0.3) is 5.65 Å². The fourth-order valence-corrected chi connectivity index (χ4v) is 1.20. The van der Waals surface area contributed by atoms with Crippen molar-refractivity contribution in [3.63, 3.8) is 0 Å². The smallest absolute Gasteiger partial charge is 0.354 e. The lowest BCUT2D eigenvalue weighted by Crippen LogP contribution is -2.20. The molecule has 0 unspecified atom stereocenters. The van der Waals surface area contributed by atoms with Crippen LogP contribution in [0.2, 0.25) is 0 Å². The number of aromatic nitrogens is 3. The Bertz CT molecular complexity index is 505. The van der Waals surface area contributed by atoms with E-state index in [0.29, 0.717) is 18.1 Å². The molecule has 0 bridgehead atoms. The second-order valence-electron chi connectivity index (χ2n) is 2.79. The van der Waals surface area contributed by atoms with Gasteiger partial charge in [-0.25, -0.2) is 4.79 Å². The van der Waals surface area contributed by atoms with Gasteiger partial charge in [-0.1, -0.05) is 6.07 Å². The fourth-order valence-electron chi connectivity index (χ4n) is 1.20. The molecule has 0 radical (unpaired) electrons. The van der Waals surface area contributed by atoms with Gasteiger partial charge in [0.25, 0.3) is 0 Å². The molecule has 2 heterocycles. The molecular formula is C9H10N4O. The Kier molecular flexibility index (Phi) is 2.14. The van der Waals surface area contributed by atoms with E-state index in [2.05, 4.69) is 15.3 Å². The molecule has 2 aromatic rings. The Morgan fingerprint density at radius 2 is 2.29 bits per heavy atom. The maximum absolute atomic E-state index is 11.4. The van der Waals surface area contributed by atoms with Gasteiger partial charge in [-0.2, -0.15) is 9.97 Å². The van der Waals surface area contributed by atoms with E-state index in [0.717, 1.165) is 0 Å². The zero-order valence-corrected chi connectivity index (χ0v) is 7.77. The third kappa shape index (κ3) is 1.44. The van der Waals surface area contributed by atoms with Crippen LogP contribution in [-0.4, -0.2) is 20.9 Å². The molecule has 0 atom stereocenters. The molecule has 5 heteroatoms. The summed E-state index contributed by atoms with van der Waals surface area (Å²) < 4.78 is 1.40. The van der Waals surface area contributed by atoms with Crippen LogP contribution in [0.15, 0.2) is 29.2 Å². The summed E-state index contributed by atoms with van der Waals surface area (Å²) in [5.74, 6) is 0.378. The summed E-state index contributed by atoms with van der Waals surface area (Å²) >= 11 is 0. The number of hydrogen-bond donors (Lipinski definition) is 1. The number of rotatable bonds is 2. The van der Waals surface area contributed by atoms with E-state index in [1.165, 1.54) is 4.40 Å². The zero-order chi connectivity index (χ0) is 9.97. The third-order valence-electron chi connectivity index (χ3n) is 1.80. The number of anilines is 1. The number of pyridine rings is 1. The van der Waals surface area contributed by atoms with Gasteiger partial charge < -0.3 is 5.32 Å². The van der Waals surface area contributed by atoms with Gasteiger partial charge >= 0.3 is 5.69 Å². The van der Waals surface area contributed by atoms with Crippen molar-refractivity contribution in [3.8, 4) is 0 Å². The van der Waals surface area contributed by atoms with Crippen molar-refractivity contribution in [2.75, 3.05) is 11.9 Å². The first-order valence-corrected chi connectivity index (χ1v) is 4.40. The van der Waals surface area contributed by atoms with Crippen molar-refractivity contribution < 1.29 is 0 Å². The fraction of sp³-hybridized carbons (Fsp3) is 0.222. The lowest BCUT2D eigenvalue weighted by molar-refractivity contribution is 0.934. The van der Waals surface area contributed by atoms with Gasteiger partial charge in [0.15, 0.2) is 0 Å². The first kappa shape index (κ1) is 8.68. The molecule has 0 amide bonds. The van der Waals surface area contributed by atoms with Crippen LogP contribution in [-0.2, 0) is 0 Å². The van der Waals surface area contributed by atoms with Gasteiger partial charge in [0.05, 0.1) is 0 Å². The van der Waals surface area contributed by atoms with E-state index >= 15 is 0 Å². The van der Waals surface area contributed by atoms with Gasteiger partial charge in [-0.05, 0) is 19.1 Å². The number of fused-ring (bicyclic) bond motifs is 1. The molecule has 0 saturated heterocycles. The van der Waals surface area contributed by atoms with Crippen LogP contribution in [0.1, 0.15) is 6.92 Å². The molecule has 72 valence electrons. The molecule has 1 N–H and O–H groups in total. The highest BCUT2D eigenvalue weighted by atomic mass is 16.1. The highest BCUT2D eigenvalue weighted by molar-refractivity contribution is 5.41. The average molecular weight is 190 g/mol. The maximum atomic E-state index is 11.4. The summed E-state index contributed by atoms with van der Waals surface area (Å²) in [6.07, 6.45) is 1.65. The predicted molar refractivity (Wildman–Crippen MR) is 53.4 cm³/mol. The largest absolute Gasteiger partial charge is 0.356 e. The van der Waals surface area contributed by atoms with Crippen LogP contribution in [0, 0.1) is 0 Å². The van der Waals surface area contributed by atoms with Gasteiger partial charge in [0, 0.05) is 12.7 Å². The topological polar surface area (TPSA) is 59.3 Å². The van der Waals surface area contributed by atoms with Crippen LogP contribution in [0.5, 0.6) is 0 Å². The van der Waals surface area contributed by atoms with Crippen molar-refractivity contribution in [1.29, 1.82) is 0 Å². The first-order chi connectivity index (χ1) is 6.81. The molecular weight excluding hydrogens is 180 g/mol. The lowest BCUT2D eigenvalue weighted by Gasteiger charge is -2.02. The number of nitrogens with one attached hydrogen (secondary N) is 1. The highest BCUT2D eigenvalue weighted by Crippen LogP contribution is 1.98. The maximum Gasteiger partial charge on any atom is 0.356 e. The molecule has 0 spiro atoms. The van der Waals surface area contributed by atoms with Gasteiger partial charge in [0.1, 0.15) is 5.65 Å². The predicted octanol–water partition coefficient (Wildman–Crippen LogP) is 0.521. The minimum atomic E-state index is -0.313. The van der Waals surface area contributed by atoms with Gasteiger partial charge in [0.2, 0.25) is 5.95 Å². The summed E-state index contributed by atoms with van der Waals surface area (Å²) in [5, 5.41) is 2.90. The Morgan fingerprint density at radius 1 is 1.43 bits per heavy atom. The van der Waals surface area contributed by atoms with E-state index < -0.39 is 0 Å². The van der Waals surface area contributed by atoms with E-state index in [1.54, 1.807) is 18.3 Å². The molecule has 2 rings (SSSR count). The summed E-state index contributed by atoms with van der Waals surface area (Å²) in [7, 11) is 0. The monoisotopic (exact) mass is 190 g/mol. The van der Waals surface area contributed by atoms with E-state index in [1.807, 2.05) is 13.0 Å². The van der Waals surface area contributed by atoms with Crippen LogP contribution in [0.3, 0.4) is 0 Å². The van der Waals surface area contributed by atoms with Gasteiger partial charge in [-0.3, -0.25) is 4.40 Å². The van der Waals surface area contributed by atoms with Crippen LogP contribution >= 0.6 is 0 Å². The van der Waals surface area contributed by atoms with Crippen molar-refractivity contribution in [2.45, 2.75) is 6.92 Å². The third-order valence-corrected chi connectivity index (χ3v) is 1.80. The zero-order valence-electron chi connectivity index (χ0n) is 7.77. The summed E-state index contributed by atoms with van der Waals surface area (Å²) in [6.45, 7) is 2.62. The van der Waals surface area contributed by atoms with E-state index in [-0.39, 0.29) is 5.69 Å².